The van der Waals surface area contributed by atoms with Crippen molar-refractivity contribution in [1.82, 2.24) is 15.1 Å². The molecule has 23 heavy (non-hydrogen) atoms. The van der Waals surface area contributed by atoms with Crippen LogP contribution in [0.3, 0.4) is 0 Å². The molecule has 0 unspecified atom stereocenters. The summed E-state index contributed by atoms with van der Waals surface area (Å²) in [6.07, 6.45) is 5.24. The zero-order valence-corrected chi connectivity index (χ0v) is 14.0. The van der Waals surface area contributed by atoms with Crippen LogP contribution in [0.15, 0.2) is 0 Å². The van der Waals surface area contributed by atoms with E-state index in [1.54, 1.807) is 0 Å². The fraction of sp³-hybridized carbons (Fsp3) is 0.941. The highest BCUT2D eigenvalue weighted by Gasteiger charge is 2.42. The summed E-state index contributed by atoms with van der Waals surface area (Å²) in [5.41, 5.74) is -0.174. The summed E-state index contributed by atoms with van der Waals surface area (Å²) in [5, 5.41) is 3.35. The van der Waals surface area contributed by atoms with Gasteiger partial charge < -0.3 is 19.7 Å². The lowest BCUT2D eigenvalue weighted by molar-refractivity contribution is -0.0802. The van der Waals surface area contributed by atoms with Crippen molar-refractivity contribution in [1.29, 1.82) is 0 Å². The standard InChI is InChI=1S/C17H29N3O3/c21-16-20(10-5-17(23-16)3-6-18-7-4-17)11-14-1-8-19(9-2-14)15-12-22-13-15/h14-15,18H,1-13H2. The van der Waals surface area contributed by atoms with E-state index in [-0.39, 0.29) is 11.7 Å². The van der Waals surface area contributed by atoms with Crippen molar-refractivity contribution < 1.29 is 14.3 Å². The van der Waals surface area contributed by atoms with Crippen LogP contribution in [0, 0.1) is 5.92 Å². The molecule has 4 aliphatic heterocycles. The molecule has 0 aromatic heterocycles. The van der Waals surface area contributed by atoms with E-state index >= 15 is 0 Å². The van der Waals surface area contributed by atoms with Crippen LogP contribution in [0.4, 0.5) is 4.79 Å². The number of carbonyl (C=O) groups excluding carboxylic acids is 1. The summed E-state index contributed by atoms with van der Waals surface area (Å²) in [5.74, 6) is 0.627. The zero-order chi connectivity index (χ0) is 15.7. The van der Waals surface area contributed by atoms with Crippen molar-refractivity contribution in [2.24, 2.45) is 5.92 Å². The maximum atomic E-state index is 12.4. The van der Waals surface area contributed by atoms with Crippen LogP contribution in [0.2, 0.25) is 0 Å². The lowest BCUT2D eigenvalue weighted by Crippen LogP contribution is -2.55. The van der Waals surface area contributed by atoms with Crippen molar-refractivity contribution in [3.05, 3.63) is 0 Å². The Morgan fingerprint density at radius 2 is 1.83 bits per heavy atom. The van der Waals surface area contributed by atoms with Gasteiger partial charge in [-0.25, -0.2) is 4.79 Å². The number of nitrogens with zero attached hydrogens (tertiary/aromatic N) is 2. The molecule has 4 fully saturated rings. The normalized spacial score (nSPS) is 30.3. The lowest BCUT2D eigenvalue weighted by Gasteiger charge is -2.45. The van der Waals surface area contributed by atoms with Crippen molar-refractivity contribution in [2.45, 2.75) is 43.7 Å². The Hall–Kier alpha value is -0.850. The van der Waals surface area contributed by atoms with Crippen LogP contribution in [0.1, 0.15) is 32.1 Å². The van der Waals surface area contributed by atoms with Crippen molar-refractivity contribution in [2.75, 3.05) is 52.5 Å². The minimum atomic E-state index is -0.174. The summed E-state index contributed by atoms with van der Waals surface area (Å²) in [4.78, 5) is 16.9. The van der Waals surface area contributed by atoms with Crippen LogP contribution in [-0.2, 0) is 9.47 Å². The Labute approximate surface area is 138 Å². The second-order valence-corrected chi connectivity index (χ2v) is 7.67. The number of piperidine rings is 2. The van der Waals surface area contributed by atoms with Crippen LogP contribution >= 0.6 is 0 Å². The van der Waals surface area contributed by atoms with Crippen molar-refractivity contribution in [3.8, 4) is 0 Å². The van der Waals surface area contributed by atoms with E-state index < -0.39 is 0 Å². The summed E-state index contributed by atoms with van der Waals surface area (Å²) >= 11 is 0. The smallest absolute Gasteiger partial charge is 0.410 e. The van der Waals surface area contributed by atoms with Gasteiger partial charge in [-0.1, -0.05) is 0 Å². The second-order valence-electron chi connectivity index (χ2n) is 7.67. The number of hydrogen-bond acceptors (Lipinski definition) is 5. The summed E-state index contributed by atoms with van der Waals surface area (Å²) in [7, 11) is 0. The third-order valence-corrected chi connectivity index (χ3v) is 6.18. The molecule has 1 N–H and O–H groups in total. The second kappa shape index (κ2) is 6.57. The quantitative estimate of drug-likeness (QED) is 0.842. The number of likely N-dealkylation sites (tertiary alicyclic amines) is 1. The van der Waals surface area contributed by atoms with Crippen molar-refractivity contribution in [3.63, 3.8) is 0 Å². The topological polar surface area (TPSA) is 54.0 Å². The van der Waals surface area contributed by atoms with Gasteiger partial charge in [0.2, 0.25) is 0 Å². The van der Waals surface area contributed by atoms with E-state index in [0.717, 1.165) is 71.7 Å². The molecule has 4 rings (SSSR count). The molecule has 4 aliphatic rings. The molecule has 4 heterocycles. The number of amides is 1. The van der Waals surface area contributed by atoms with Crippen LogP contribution in [0.25, 0.3) is 0 Å². The summed E-state index contributed by atoms with van der Waals surface area (Å²) in [6, 6.07) is 0.649. The van der Waals surface area contributed by atoms with Crippen molar-refractivity contribution >= 4 is 6.09 Å². The Morgan fingerprint density at radius 3 is 2.43 bits per heavy atom. The van der Waals surface area contributed by atoms with Crippen LogP contribution in [-0.4, -0.2) is 80.0 Å². The third-order valence-electron chi connectivity index (χ3n) is 6.18. The van der Waals surface area contributed by atoms with Gasteiger partial charge in [0, 0.05) is 19.5 Å². The van der Waals surface area contributed by atoms with Gasteiger partial charge >= 0.3 is 6.09 Å². The monoisotopic (exact) mass is 323 g/mol. The predicted molar refractivity (Wildman–Crippen MR) is 86.4 cm³/mol. The first-order valence-corrected chi connectivity index (χ1v) is 9.25. The number of ether oxygens (including phenoxy) is 2. The molecule has 6 nitrogen and oxygen atoms in total. The van der Waals surface area contributed by atoms with Gasteiger partial charge in [0.1, 0.15) is 5.60 Å². The van der Waals surface area contributed by atoms with E-state index in [1.807, 2.05) is 4.90 Å². The molecular formula is C17H29N3O3. The molecule has 0 aromatic rings. The molecule has 0 aliphatic carbocycles. The van der Waals surface area contributed by atoms with Gasteiger partial charge in [-0.2, -0.15) is 0 Å². The van der Waals surface area contributed by atoms with E-state index in [9.17, 15) is 4.79 Å². The number of nitrogens with one attached hydrogen (secondary N) is 1. The molecule has 0 bridgehead atoms. The van der Waals surface area contributed by atoms with E-state index in [4.69, 9.17) is 9.47 Å². The average Bonchev–Trinajstić information content (AvgIpc) is 2.51. The Bertz CT molecular complexity index is 427. The average molecular weight is 323 g/mol. The molecular weight excluding hydrogens is 294 g/mol. The number of hydrogen-bond donors (Lipinski definition) is 1. The predicted octanol–water partition coefficient (Wildman–Crippen LogP) is 1.06. The maximum absolute atomic E-state index is 12.4. The van der Waals surface area contributed by atoms with Gasteiger partial charge in [0.25, 0.3) is 0 Å². The molecule has 6 heteroatoms. The van der Waals surface area contributed by atoms with Gasteiger partial charge in [0.05, 0.1) is 19.3 Å². The molecule has 1 spiro atoms. The highest BCUT2D eigenvalue weighted by Crippen LogP contribution is 2.33. The molecule has 0 atom stereocenters. The van der Waals surface area contributed by atoms with Gasteiger partial charge in [-0.15, -0.1) is 0 Å². The Kier molecular flexibility index (Phi) is 4.48. The highest BCUT2D eigenvalue weighted by atomic mass is 16.6. The molecule has 0 aromatic carbocycles. The van der Waals surface area contributed by atoms with Crippen LogP contribution in [0.5, 0.6) is 0 Å². The fourth-order valence-electron chi connectivity index (χ4n) is 4.38. The number of rotatable bonds is 3. The molecule has 0 saturated carbocycles. The number of carbonyl (C=O) groups is 1. The van der Waals surface area contributed by atoms with E-state index in [1.165, 1.54) is 12.8 Å². The summed E-state index contributed by atoms with van der Waals surface area (Å²) < 4.78 is 11.2. The van der Waals surface area contributed by atoms with E-state index in [0.29, 0.717) is 12.0 Å². The first kappa shape index (κ1) is 15.7. The highest BCUT2D eigenvalue weighted by molar-refractivity contribution is 5.69. The SMILES string of the molecule is O=C1OC2(CCNCC2)CCN1CC1CCN(C2COC2)CC1. The van der Waals surface area contributed by atoms with E-state index in [2.05, 4.69) is 10.2 Å². The third kappa shape index (κ3) is 3.35. The molecule has 0 radical (unpaired) electrons. The summed E-state index contributed by atoms with van der Waals surface area (Å²) in [6.45, 7) is 7.79. The Balaban J connectivity index is 1.24. The molecule has 4 saturated heterocycles. The fourth-order valence-corrected chi connectivity index (χ4v) is 4.38. The minimum Gasteiger partial charge on any atom is -0.443 e. The first-order chi connectivity index (χ1) is 11.2. The molecule has 1 amide bonds. The first-order valence-electron chi connectivity index (χ1n) is 9.25. The largest absolute Gasteiger partial charge is 0.443 e. The Morgan fingerprint density at radius 1 is 1.09 bits per heavy atom. The maximum Gasteiger partial charge on any atom is 0.410 e. The molecule has 130 valence electrons. The van der Waals surface area contributed by atoms with Gasteiger partial charge in [0.15, 0.2) is 0 Å². The zero-order valence-electron chi connectivity index (χ0n) is 14.0. The minimum absolute atomic E-state index is 0.0760. The van der Waals surface area contributed by atoms with Gasteiger partial charge in [-0.3, -0.25) is 4.90 Å². The van der Waals surface area contributed by atoms with Crippen LogP contribution < -0.4 is 5.32 Å². The van der Waals surface area contributed by atoms with Gasteiger partial charge in [-0.05, 0) is 57.8 Å². The lowest BCUT2D eigenvalue weighted by atomic mass is 9.87.